The number of halogens is 1. The molecule has 0 aliphatic carbocycles. The first-order valence-electron chi connectivity index (χ1n) is 4.40. The summed E-state index contributed by atoms with van der Waals surface area (Å²) >= 11 is 2.18. The van der Waals surface area contributed by atoms with Crippen LogP contribution in [-0.2, 0) is 4.79 Å². The van der Waals surface area contributed by atoms with Crippen LogP contribution in [0, 0.1) is 21.8 Å². The number of rotatable bonds is 3. The lowest BCUT2D eigenvalue weighted by Gasteiger charge is -2.00. The number of carbonyl (C=O) groups is 1. The highest BCUT2D eigenvalue weighted by molar-refractivity contribution is 14.1. The van der Waals surface area contributed by atoms with Gasteiger partial charge >= 0.3 is 0 Å². The molecular weight excluding hydrogens is 319 g/mol. The summed E-state index contributed by atoms with van der Waals surface area (Å²) in [4.78, 5) is 10.7. The maximum absolute atomic E-state index is 10.7. The second kappa shape index (κ2) is 5.55. The van der Waals surface area contributed by atoms with E-state index in [2.05, 4.69) is 32.8 Å². The van der Waals surface area contributed by atoms with Crippen LogP contribution in [0.25, 0.3) is 0 Å². The summed E-state index contributed by atoms with van der Waals surface area (Å²) in [5, 5.41) is 16.0. The van der Waals surface area contributed by atoms with E-state index in [4.69, 9.17) is 11.0 Å². The molecule has 0 spiro atoms. The Morgan fingerprint density at radius 2 is 2.31 bits per heavy atom. The zero-order valence-electron chi connectivity index (χ0n) is 8.51. The van der Waals surface area contributed by atoms with Gasteiger partial charge in [0.1, 0.15) is 6.07 Å². The van der Waals surface area contributed by atoms with Gasteiger partial charge in [-0.1, -0.05) is 0 Å². The smallest absolute Gasteiger partial charge is 0.258 e. The van der Waals surface area contributed by atoms with Crippen LogP contribution in [0.1, 0.15) is 5.56 Å². The molecule has 1 rings (SSSR count). The van der Waals surface area contributed by atoms with Gasteiger partial charge in [-0.05, 0) is 53.3 Å². The van der Waals surface area contributed by atoms with Gasteiger partial charge < -0.3 is 5.73 Å². The van der Waals surface area contributed by atoms with Crippen molar-refractivity contribution in [2.75, 3.05) is 0 Å². The summed E-state index contributed by atoms with van der Waals surface area (Å²) in [6, 6.07) is 6.02. The maximum Gasteiger partial charge on any atom is 0.258 e. The number of benzene rings is 1. The third kappa shape index (κ3) is 3.27. The average Bonchev–Trinajstić information content (AvgIpc) is 2.21. The van der Waals surface area contributed by atoms with Gasteiger partial charge in [0.15, 0.2) is 0 Å². The zero-order valence-corrected chi connectivity index (χ0v) is 10.7. The number of hydrogen-bond acceptors (Lipinski definition) is 4. The van der Waals surface area contributed by atoms with Gasteiger partial charge in [-0.15, -0.1) is 0 Å². The van der Waals surface area contributed by atoms with E-state index < -0.39 is 11.9 Å². The van der Waals surface area contributed by atoms with Crippen molar-refractivity contribution in [3.05, 3.63) is 27.3 Å². The molecule has 0 saturated heterocycles. The zero-order chi connectivity index (χ0) is 12.1. The molecule has 0 fully saturated rings. The molecule has 0 bridgehead atoms. The summed E-state index contributed by atoms with van der Waals surface area (Å²) < 4.78 is 1.08. The van der Waals surface area contributed by atoms with E-state index >= 15 is 0 Å². The van der Waals surface area contributed by atoms with Gasteiger partial charge in [0.25, 0.3) is 5.91 Å². The van der Waals surface area contributed by atoms with Crippen LogP contribution in [0.15, 0.2) is 28.4 Å². The second-order valence-corrected chi connectivity index (χ2v) is 4.33. The van der Waals surface area contributed by atoms with E-state index in [-0.39, 0.29) is 0 Å². The number of nitrogens with zero attached hydrogens (tertiary/aromatic N) is 3. The van der Waals surface area contributed by atoms with Gasteiger partial charge in [0, 0.05) is 3.57 Å². The molecule has 82 valence electrons. The number of carbonyl (C=O) groups excluding carboxylic acids is 1. The minimum Gasteiger partial charge on any atom is -0.367 e. The third-order valence-electron chi connectivity index (χ3n) is 1.83. The molecular formula is C10H9IN4O. The van der Waals surface area contributed by atoms with Crippen molar-refractivity contribution in [3.63, 3.8) is 0 Å². The quantitative estimate of drug-likeness (QED) is 0.679. The summed E-state index contributed by atoms with van der Waals surface area (Å²) in [7, 11) is 0. The van der Waals surface area contributed by atoms with Crippen molar-refractivity contribution < 1.29 is 4.79 Å². The van der Waals surface area contributed by atoms with Crippen molar-refractivity contribution in [1.82, 2.24) is 0 Å². The predicted octanol–water partition coefficient (Wildman–Crippen LogP) is 2.06. The summed E-state index contributed by atoms with van der Waals surface area (Å²) in [6.45, 7) is 1.88. The molecule has 6 heteroatoms. The first-order valence-corrected chi connectivity index (χ1v) is 5.48. The molecule has 1 amide bonds. The fraction of sp³-hybridized carbons (Fsp3) is 0.200. The largest absolute Gasteiger partial charge is 0.367 e. The van der Waals surface area contributed by atoms with Crippen molar-refractivity contribution in [3.8, 4) is 6.07 Å². The van der Waals surface area contributed by atoms with Gasteiger partial charge in [-0.25, -0.2) is 0 Å². The minimum absolute atomic E-state index is 0.627. The number of primary amides is 1. The number of nitriles is 1. The summed E-state index contributed by atoms with van der Waals surface area (Å²) in [5.41, 5.74) is 6.51. The number of amides is 1. The normalized spacial score (nSPS) is 12.3. The van der Waals surface area contributed by atoms with E-state index in [0.717, 1.165) is 9.13 Å². The van der Waals surface area contributed by atoms with Crippen molar-refractivity contribution in [2.45, 2.75) is 13.0 Å². The predicted molar refractivity (Wildman–Crippen MR) is 67.0 cm³/mol. The van der Waals surface area contributed by atoms with Crippen molar-refractivity contribution in [2.24, 2.45) is 16.0 Å². The van der Waals surface area contributed by atoms with Gasteiger partial charge in [-0.3, -0.25) is 4.79 Å². The average molecular weight is 328 g/mol. The molecule has 0 aliphatic rings. The van der Waals surface area contributed by atoms with Gasteiger partial charge in [0.05, 0.1) is 5.69 Å². The van der Waals surface area contributed by atoms with Crippen LogP contribution in [-0.4, -0.2) is 11.9 Å². The third-order valence-corrected chi connectivity index (χ3v) is 2.50. The fourth-order valence-corrected chi connectivity index (χ4v) is 1.64. The van der Waals surface area contributed by atoms with Gasteiger partial charge in [0.2, 0.25) is 6.04 Å². The Bertz CT molecular complexity index is 478. The molecule has 0 heterocycles. The van der Waals surface area contributed by atoms with E-state index in [0.29, 0.717) is 5.69 Å². The van der Waals surface area contributed by atoms with Crippen LogP contribution in [0.5, 0.6) is 0 Å². The number of azo groups is 1. The van der Waals surface area contributed by atoms with Crippen LogP contribution in [0.4, 0.5) is 5.69 Å². The lowest BCUT2D eigenvalue weighted by atomic mass is 10.2. The Morgan fingerprint density at radius 1 is 1.62 bits per heavy atom. The molecule has 0 aliphatic heterocycles. The van der Waals surface area contributed by atoms with E-state index in [1.807, 2.05) is 19.1 Å². The molecule has 0 aromatic heterocycles. The highest BCUT2D eigenvalue weighted by Gasteiger charge is 2.12. The summed E-state index contributed by atoms with van der Waals surface area (Å²) in [5.74, 6) is -0.797. The van der Waals surface area contributed by atoms with E-state index in [1.165, 1.54) is 0 Å². The van der Waals surface area contributed by atoms with Crippen molar-refractivity contribution in [1.29, 1.82) is 5.26 Å². The Labute approximate surface area is 106 Å². The molecule has 1 atom stereocenters. The summed E-state index contributed by atoms with van der Waals surface area (Å²) in [6.07, 6.45) is 0. The molecule has 2 N–H and O–H groups in total. The Hall–Kier alpha value is -1.49. The number of hydrogen-bond donors (Lipinski definition) is 1. The monoisotopic (exact) mass is 328 g/mol. The molecule has 0 saturated carbocycles. The van der Waals surface area contributed by atoms with Gasteiger partial charge in [-0.2, -0.15) is 15.5 Å². The highest BCUT2D eigenvalue weighted by Crippen LogP contribution is 2.21. The lowest BCUT2D eigenvalue weighted by Crippen LogP contribution is -2.24. The molecule has 1 aromatic rings. The van der Waals surface area contributed by atoms with E-state index in [9.17, 15) is 4.79 Å². The molecule has 1 aromatic carbocycles. The van der Waals surface area contributed by atoms with Crippen LogP contribution in [0.3, 0.4) is 0 Å². The Balaban J connectivity index is 2.92. The second-order valence-electron chi connectivity index (χ2n) is 3.08. The highest BCUT2D eigenvalue weighted by atomic mass is 127. The minimum atomic E-state index is -1.22. The van der Waals surface area contributed by atoms with Crippen LogP contribution < -0.4 is 5.73 Å². The Morgan fingerprint density at radius 3 is 2.81 bits per heavy atom. The SMILES string of the molecule is Cc1cc(I)ccc1N=NC(C#N)C(N)=O. The molecule has 16 heavy (non-hydrogen) atoms. The van der Waals surface area contributed by atoms with Crippen LogP contribution >= 0.6 is 22.6 Å². The molecule has 5 nitrogen and oxygen atoms in total. The maximum atomic E-state index is 10.7. The fourth-order valence-electron chi connectivity index (χ4n) is 0.997. The number of aryl methyl sites for hydroxylation is 1. The van der Waals surface area contributed by atoms with E-state index in [1.54, 1.807) is 12.1 Å². The molecule has 1 unspecified atom stereocenters. The standard InChI is InChI=1S/C10H9IN4O/c1-6-4-7(11)2-3-8(6)14-15-9(5-12)10(13)16/h2-4,9H,1H3,(H2,13,16). The topological polar surface area (TPSA) is 91.6 Å². The Kier molecular flexibility index (Phi) is 4.37. The van der Waals surface area contributed by atoms with Crippen molar-refractivity contribution >= 4 is 34.2 Å². The molecule has 0 radical (unpaired) electrons. The first kappa shape index (κ1) is 12.6. The lowest BCUT2D eigenvalue weighted by molar-refractivity contribution is -0.118. The first-order chi connectivity index (χ1) is 7.54. The number of nitrogens with two attached hydrogens (primary N) is 1. The van der Waals surface area contributed by atoms with Crippen LogP contribution in [0.2, 0.25) is 0 Å².